The van der Waals surface area contributed by atoms with Gasteiger partial charge in [-0.15, -0.1) is 0 Å². The van der Waals surface area contributed by atoms with E-state index in [1.165, 1.54) is 6.07 Å². The number of benzene rings is 3. The summed E-state index contributed by atoms with van der Waals surface area (Å²) in [6.07, 6.45) is 0. The van der Waals surface area contributed by atoms with Gasteiger partial charge in [0.25, 0.3) is 5.91 Å². The van der Waals surface area contributed by atoms with E-state index in [0.717, 1.165) is 5.56 Å². The highest BCUT2D eigenvalue weighted by molar-refractivity contribution is 6.31. The van der Waals surface area contributed by atoms with Crippen LogP contribution in [0.4, 0.5) is 5.69 Å². The molecule has 29 heavy (non-hydrogen) atoms. The van der Waals surface area contributed by atoms with Gasteiger partial charge in [0.05, 0.1) is 0 Å². The first-order valence-corrected chi connectivity index (χ1v) is 9.28. The molecule has 0 atom stereocenters. The molecule has 0 aliphatic heterocycles. The number of anilines is 1. The van der Waals surface area contributed by atoms with Crippen molar-refractivity contribution in [1.29, 1.82) is 0 Å². The molecule has 0 aliphatic carbocycles. The Labute approximate surface area is 171 Å². The fourth-order valence-electron chi connectivity index (χ4n) is 2.83. The fraction of sp³-hybridized carbons (Fsp3) is 0.0435. The Bertz CT molecular complexity index is 1220. The molecule has 0 fully saturated rings. The zero-order valence-corrected chi connectivity index (χ0v) is 16.0. The highest BCUT2D eigenvalue weighted by Gasteiger charge is 2.14. The lowest BCUT2D eigenvalue weighted by atomic mass is 10.1. The van der Waals surface area contributed by atoms with Crippen LogP contribution in [0.3, 0.4) is 0 Å². The molecular formula is C23H16ClNO4. The first kappa shape index (κ1) is 18.8. The van der Waals surface area contributed by atoms with Crippen molar-refractivity contribution in [2.24, 2.45) is 0 Å². The summed E-state index contributed by atoms with van der Waals surface area (Å²) in [5.74, 6) is 0.116. The minimum Gasteiger partial charge on any atom is -0.489 e. The molecule has 0 saturated heterocycles. The summed E-state index contributed by atoms with van der Waals surface area (Å²) >= 11 is 5.97. The topological polar surface area (TPSA) is 68.5 Å². The van der Waals surface area contributed by atoms with Crippen molar-refractivity contribution < 1.29 is 13.9 Å². The van der Waals surface area contributed by atoms with Crippen LogP contribution in [-0.4, -0.2) is 5.91 Å². The SMILES string of the molecule is O=C(Nc1ccc(OCc2ccccc2)cc1)c1cc2cc(Cl)ccc2oc1=O. The lowest BCUT2D eigenvalue weighted by molar-refractivity contribution is 0.102. The smallest absolute Gasteiger partial charge is 0.349 e. The Balaban J connectivity index is 1.46. The predicted octanol–water partition coefficient (Wildman–Crippen LogP) is 5.28. The molecule has 0 unspecified atom stereocenters. The van der Waals surface area contributed by atoms with Crippen molar-refractivity contribution in [2.75, 3.05) is 5.32 Å². The number of halogens is 1. The van der Waals surface area contributed by atoms with Crippen molar-refractivity contribution in [1.82, 2.24) is 0 Å². The summed E-state index contributed by atoms with van der Waals surface area (Å²) in [5, 5.41) is 3.76. The maximum absolute atomic E-state index is 12.5. The van der Waals surface area contributed by atoms with Crippen molar-refractivity contribution in [3.8, 4) is 5.75 Å². The van der Waals surface area contributed by atoms with Crippen molar-refractivity contribution in [2.45, 2.75) is 6.61 Å². The molecule has 1 N–H and O–H groups in total. The van der Waals surface area contributed by atoms with E-state index in [-0.39, 0.29) is 5.56 Å². The Kier molecular flexibility index (Phi) is 5.31. The lowest BCUT2D eigenvalue weighted by Gasteiger charge is -2.08. The van der Waals surface area contributed by atoms with Crippen molar-refractivity contribution >= 4 is 34.2 Å². The van der Waals surface area contributed by atoms with Crippen molar-refractivity contribution in [3.05, 3.63) is 105 Å². The molecular weight excluding hydrogens is 390 g/mol. The molecule has 1 aromatic heterocycles. The van der Waals surface area contributed by atoms with Gasteiger partial charge in [-0.25, -0.2) is 4.79 Å². The van der Waals surface area contributed by atoms with E-state index in [1.54, 1.807) is 42.5 Å². The van der Waals surface area contributed by atoms with E-state index in [1.807, 2.05) is 30.3 Å². The molecule has 3 aromatic carbocycles. The van der Waals surface area contributed by atoms with Crippen LogP contribution >= 0.6 is 11.6 Å². The highest BCUT2D eigenvalue weighted by atomic mass is 35.5. The normalized spacial score (nSPS) is 10.7. The third kappa shape index (κ3) is 4.47. The molecule has 0 bridgehead atoms. The molecule has 0 radical (unpaired) electrons. The second-order valence-electron chi connectivity index (χ2n) is 6.38. The lowest BCUT2D eigenvalue weighted by Crippen LogP contribution is -2.20. The van der Waals surface area contributed by atoms with Crippen LogP contribution in [-0.2, 0) is 6.61 Å². The monoisotopic (exact) mass is 405 g/mol. The quantitative estimate of drug-likeness (QED) is 0.459. The molecule has 6 heteroatoms. The summed E-state index contributed by atoms with van der Waals surface area (Å²) in [6, 6.07) is 23.1. The average Bonchev–Trinajstić information content (AvgIpc) is 2.74. The number of rotatable bonds is 5. The first-order valence-electron chi connectivity index (χ1n) is 8.90. The maximum atomic E-state index is 12.5. The van der Waals surface area contributed by atoms with Gasteiger partial charge in [-0.05, 0) is 54.1 Å². The second kappa shape index (κ2) is 8.20. The number of carbonyl (C=O) groups is 1. The van der Waals surface area contributed by atoms with Gasteiger partial charge in [0.1, 0.15) is 23.5 Å². The van der Waals surface area contributed by atoms with Crippen LogP contribution in [0.15, 0.2) is 88.1 Å². The zero-order valence-electron chi connectivity index (χ0n) is 15.2. The third-order valence-electron chi connectivity index (χ3n) is 4.30. The van der Waals surface area contributed by atoms with Crippen LogP contribution in [0.1, 0.15) is 15.9 Å². The van der Waals surface area contributed by atoms with Gasteiger partial charge < -0.3 is 14.5 Å². The number of ether oxygens (including phenoxy) is 1. The van der Waals surface area contributed by atoms with Gasteiger partial charge in [-0.3, -0.25) is 4.79 Å². The van der Waals surface area contributed by atoms with E-state index < -0.39 is 11.5 Å². The predicted molar refractivity (Wildman–Crippen MR) is 113 cm³/mol. The molecule has 0 aliphatic rings. The summed E-state index contributed by atoms with van der Waals surface area (Å²) in [7, 11) is 0. The number of hydrogen-bond donors (Lipinski definition) is 1. The molecule has 5 nitrogen and oxygen atoms in total. The molecule has 1 heterocycles. The molecule has 0 spiro atoms. The average molecular weight is 406 g/mol. The standard InChI is InChI=1S/C23H16ClNO4/c24-17-6-11-21-16(12-17)13-20(23(27)29-21)22(26)25-18-7-9-19(10-8-18)28-14-15-4-2-1-3-5-15/h1-13H,14H2,(H,25,26). The fourth-order valence-corrected chi connectivity index (χ4v) is 3.01. The van der Waals surface area contributed by atoms with Crippen LogP contribution in [0.2, 0.25) is 5.02 Å². The Hall–Kier alpha value is -3.57. The molecule has 4 aromatic rings. The molecule has 144 valence electrons. The van der Waals surface area contributed by atoms with Gasteiger partial charge in [0.2, 0.25) is 0 Å². The van der Waals surface area contributed by atoms with E-state index >= 15 is 0 Å². The number of amides is 1. The summed E-state index contributed by atoms with van der Waals surface area (Å²) < 4.78 is 10.9. The van der Waals surface area contributed by atoms with E-state index in [4.69, 9.17) is 20.8 Å². The molecule has 0 saturated carbocycles. The number of carbonyl (C=O) groups excluding carboxylic acids is 1. The zero-order chi connectivity index (χ0) is 20.2. The maximum Gasteiger partial charge on any atom is 0.349 e. The van der Waals surface area contributed by atoms with Gasteiger partial charge >= 0.3 is 5.63 Å². The van der Waals surface area contributed by atoms with Crippen LogP contribution in [0.25, 0.3) is 11.0 Å². The Morgan fingerprint density at radius 1 is 0.966 bits per heavy atom. The van der Waals surface area contributed by atoms with Gasteiger partial charge in [0.15, 0.2) is 0 Å². The third-order valence-corrected chi connectivity index (χ3v) is 4.53. The second-order valence-corrected chi connectivity index (χ2v) is 6.82. The van der Waals surface area contributed by atoms with E-state index in [0.29, 0.717) is 34.0 Å². The summed E-state index contributed by atoms with van der Waals surface area (Å²) in [4.78, 5) is 24.7. The highest BCUT2D eigenvalue weighted by Crippen LogP contribution is 2.20. The minimum atomic E-state index is -0.708. The largest absolute Gasteiger partial charge is 0.489 e. The van der Waals surface area contributed by atoms with E-state index in [2.05, 4.69) is 5.32 Å². The van der Waals surface area contributed by atoms with Crippen LogP contribution in [0.5, 0.6) is 5.75 Å². The van der Waals surface area contributed by atoms with Crippen LogP contribution in [0, 0.1) is 0 Å². The molecule has 4 rings (SSSR count). The van der Waals surface area contributed by atoms with Gasteiger partial charge in [0, 0.05) is 16.1 Å². The number of hydrogen-bond acceptors (Lipinski definition) is 4. The number of fused-ring (bicyclic) bond motifs is 1. The van der Waals surface area contributed by atoms with Crippen molar-refractivity contribution in [3.63, 3.8) is 0 Å². The molecule has 1 amide bonds. The Morgan fingerprint density at radius 3 is 2.48 bits per heavy atom. The minimum absolute atomic E-state index is 0.0934. The van der Waals surface area contributed by atoms with E-state index in [9.17, 15) is 9.59 Å². The summed E-state index contributed by atoms with van der Waals surface area (Å²) in [5.41, 5.74) is 1.17. The van der Waals surface area contributed by atoms with Gasteiger partial charge in [-0.1, -0.05) is 41.9 Å². The summed E-state index contributed by atoms with van der Waals surface area (Å²) in [6.45, 7) is 0.452. The number of nitrogens with one attached hydrogen (secondary N) is 1. The van der Waals surface area contributed by atoms with Gasteiger partial charge in [-0.2, -0.15) is 0 Å². The Morgan fingerprint density at radius 2 is 1.72 bits per heavy atom. The first-order chi connectivity index (χ1) is 14.1. The van der Waals surface area contributed by atoms with Crippen LogP contribution < -0.4 is 15.7 Å².